The zero-order valence-electron chi connectivity index (χ0n) is 6.91. The first-order chi connectivity index (χ1) is 5.74. The molecule has 12 heavy (non-hydrogen) atoms. The minimum absolute atomic E-state index is 0.0969. The van der Waals surface area contributed by atoms with Crippen LogP contribution in [0.1, 0.15) is 10.5 Å². The lowest BCUT2D eigenvalue weighted by molar-refractivity contribution is 0.111. The number of carbonyl (C=O) groups excluding carboxylic acids is 1. The van der Waals surface area contributed by atoms with Gasteiger partial charge in [0.25, 0.3) is 0 Å². The average molecular weight is 188 g/mol. The maximum atomic E-state index is 10.0. The van der Waals surface area contributed by atoms with Crippen LogP contribution in [0.5, 0.6) is 0 Å². The van der Waals surface area contributed by atoms with Crippen molar-refractivity contribution in [3.8, 4) is 0 Å². The highest BCUT2D eigenvalue weighted by Gasteiger charge is 1.91. The lowest BCUT2D eigenvalue weighted by Gasteiger charge is -1.86. The van der Waals surface area contributed by atoms with E-state index in [1.165, 1.54) is 12.3 Å². The normalized spacial score (nSPS) is 8.25. The van der Waals surface area contributed by atoms with E-state index in [9.17, 15) is 4.79 Å². The summed E-state index contributed by atoms with van der Waals surface area (Å²) in [6.45, 7) is 0. The highest BCUT2D eigenvalue weighted by molar-refractivity contribution is 6.28. The number of halogens is 1. The van der Waals surface area contributed by atoms with Crippen LogP contribution in [0.4, 0.5) is 0 Å². The number of nitrogens with one attached hydrogen (secondary N) is 1. The molecule has 1 heterocycles. The van der Waals surface area contributed by atoms with Crippen molar-refractivity contribution >= 4 is 17.9 Å². The predicted molar refractivity (Wildman–Crippen MR) is 47.4 cm³/mol. The van der Waals surface area contributed by atoms with Crippen LogP contribution in [0.25, 0.3) is 0 Å². The third kappa shape index (κ3) is 4.76. The van der Waals surface area contributed by atoms with Gasteiger partial charge in [-0.15, -0.1) is 0 Å². The second-order valence-electron chi connectivity index (χ2n) is 1.87. The molecule has 0 aromatic carbocycles. The van der Waals surface area contributed by atoms with Gasteiger partial charge in [-0.25, -0.2) is 9.97 Å². The minimum atomic E-state index is 0.0969. The van der Waals surface area contributed by atoms with E-state index < -0.39 is 0 Å². The molecule has 1 N–H and O–H groups in total. The SMILES string of the molecule is CNC.O=Cc1ccnc(Cl)n1. The Morgan fingerprint density at radius 2 is 2.17 bits per heavy atom. The molecule has 0 saturated heterocycles. The minimum Gasteiger partial charge on any atom is -0.323 e. The van der Waals surface area contributed by atoms with E-state index in [1.807, 2.05) is 14.1 Å². The van der Waals surface area contributed by atoms with Gasteiger partial charge in [0.1, 0.15) is 5.69 Å². The maximum Gasteiger partial charge on any atom is 0.222 e. The van der Waals surface area contributed by atoms with Crippen molar-refractivity contribution in [1.82, 2.24) is 15.3 Å². The molecule has 0 bridgehead atoms. The summed E-state index contributed by atoms with van der Waals surface area (Å²) in [5.41, 5.74) is 0.301. The molecule has 1 aromatic heterocycles. The van der Waals surface area contributed by atoms with Gasteiger partial charge < -0.3 is 5.32 Å². The van der Waals surface area contributed by atoms with Gasteiger partial charge in [-0.2, -0.15) is 0 Å². The zero-order valence-corrected chi connectivity index (χ0v) is 7.67. The second-order valence-corrected chi connectivity index (χ2v) is 2.21. The van der Waals surface area contributed by atoms with Gasteiger partial charge in [0, 0.05) is 6.20 Å². The topological polar surface area (TPSA) is 54.9 Å². The lowest BCUT2D eigenvalue weighted by atomic mass is 10.5. The number of nitrogens with zero attached hydrogens (tertiary/aromatic N) is 2. The van der Waals surface area contributed by atoms with Crippen LogP contribution in [0.15, 0.2) is 12.3 Å². The molecule has 0 unspecified atom stereocenters. The third-order valence-electron chi connectivity index (χ3n) is 0.768. The Balaban J connectivity index is 0.000000354. The monoisotopic (exact) mass is 187 g/mol. The first-order valence-electron chi connectivity index (χ1n) is 3.26. The van der Waals surface area contributed by atoms with Crippen LogP contribution in [-0.4, -0.2) is 30.3 Å². The molecule has 0 radical (unpaired) electrons. The molecule has 0 spiro atoms. The van der Waals surface area contributed by atoms with Gasteiger partial charge in [0.15, 0.2) is 6.29 Å². The Morgan fingerprint density at radius 1 is 1.58 bits per heavy atom. The molecule has 66 valence electrons. The van der Waals surface area contributed by atoms with E-state index in [2.05, 4.69) is 15.3 Å². The first-order valence-corrected chi connectivity index (χ1v) is 3.64. The largest absolute Gasteiger partial charge is 0.323 e. The fourth-order valence-corrected chi connectivity index (χ4v) is 0.567. The second kappa shape index (κ2) is 6.69. The summed E-state index contributed by atoms with van der Waals surface area (Å²) in [5.74, 6) is 0. The third-order valence-corrected chi connectivity index (χ3v) is 0.951. The van der Waals surface area contributed by atoms with Gasteiger partial charge >= 0.3 is 0 Å². The van der Waals surface area contributed by atoms with Crippen LogP contribution < -0.4 is 5.32 Å². The molecule has 0 aliphatic carbocycles. The molecular weight excluding hydrogens is 178 g/mol. The van der Waals surface area contributed by atoms with Crippen LogP contribution in [-0.2, 0) is 0 Å². The van der Waals surface area contributed by atoms with Gasteiger partial charge in [-0.1, -0.05) is 0 Å². The highest BCUT2D eigenvalue weighted by Crippen LogP contribution is 1.97. The molecule has 0 aliphatic heterocycles. The lowest BCUT2D eigenvalue weighted by Crippen LogP contribution is -1.89. The zero-order chi connectivity index (χ0) is 9.40. The number of aldehydes is 1. The Kier molecular flexibility index (Phi) is 6.14. The summed E-state index contributed by atoms with van der Waals surface area (Å²) in [6, 6.07) is 1.48. The van der Waals surface area contributed by atoms with Gasteiger partial charge in [-0.3, -0.25) is 4.79 Å². The average Bonchev–Trinajstić information content (AvgIpc) is 2.06. The number of rotatable bonds is 1. The van der Waals surface area contributed by atoms with Crippen molar-refractivity contribution in [2.75, 3.05) is 14.1 Å². The standard InChI is InChI=1S/C5H3ClN2O.C2H7N/c6-5-7-2-1-4(3-9)8-5;1-3-2/h1-3H;3H,1-2H3. The fraction of sp³-hybridized carbons (Fsp3) is 0.286. The van der Waals surface area contributed by atoms with Gasteiger partial charge in [0.2, 0.25) is 5.28 Å². The molecule has 5 heteroatoms. The highest BCUT2D eigenvalue weighted by atomic mass is 35.5. The summed E-state index contributed by atoms with van der Waals surface area (Å²) in [7, 11) is 3.75. The van der Waals surface area contributed by atoms with Crippen molar-refractivity contribution < 1.29 is 4.79 Å². The summed E-state index contributed by atoms with van der Waals surface area (Å²) < 4.78 is 0. The van der Waals surface area contributed by atoms with E-state index in [0.717, 1.165) is 0 Å². The van der Waals surface area contributed by atoms with Gasteiger partial charge in [-0.05, 0) is 31.8 Å². The van der Waals surface area contributed by atoms with Crippen LogP contribution in [0.3, 0.4) is 0 Å². The Hall–Kier alpha value is -1.000. The van der Waals surface area contributed by atoms with Crippen molar-refractivity contribution in [2.24, 2.45) is 0 Å². The number of hydrogen-bond donors (Lipinski definition) is 1. The van der Waals surface area contributed by atoms with Crippen molar-refractivity contribution in [2.45, 2.75) is 0 Å². The Labute approximate surface area is 76.0 Å². The molecule has 0 fully saturated rings. The maximum absolute atomic E-state index is 10.0. The van der Waals surface area contributed by atoms with Crippen molar-refractivity contribution in [3.05, 3.63) is 23.2 Å². The van der Waals surface area contributed by atoms with E-state index in [0.29, 0.717) is 12.0 Å². The molecule has 1 aromatic rings. The Morgan fingerprint density at radius 3 is 2.50 bits per heavy atom. The van der Waals surface area contributed by atoms with E-state index >= 15 is 0 Å². The smallest absolute Gasteiger partial charge is 0.222 e. The molecular formula is C7H10ClN3O. The summed E-state index contributed by atoms with van der Waals surface area (Å²) in [6.07, 6.45) is 2.05. The molecule has 0 saturated carbocycles. The molecule has 0 atom stereocenters. The summed E-state index contributed by atoms with van der Waals surface area (Å²) in [5, 5.41) is 2.85. The van der Waals surface area contributed by atoms with Crippen LogP contribution in [0, 0.1) is 0 Å². The summed E-state index contributed by atoms with van der Waals surface area (Å²) in [4.78, 5) is 17.2. The molecule has 0 aliphatic rings. The number of aromatic nitrogens is 2. The van der Waals surface area contributed by atoms with Crippen molar-refractivity contribution in [1.29, 1.82) is 0 Å². The van der Waals surface area contributed by atoms with Crippen LogP contribution in [0.2, 0.25) is 5.28 Å². The quantitative estimate of drug-likeness (QED) is 0.522. The van der Waals surface area contributed by atoms with E-state index in [4.69, 9.17) is 11.6 Å². The van der Waals surface area contributed by atoms with Crippen molar-refractivity contribution in [3.63, 3.8) is 0 Å². The first kappa shape index (κ1) is 11.0. The summed E-state index contributed by atoms with van der Waals surface area (Å²) >= 11 is 5.34. The molecule has 1 rings (SSSR count). The predicted octanol–water partition coefficient (Wildman–Crippen LogP) is 0.778. The molecule has 0 amide bonds. The van der Waals surface area contributed by atoms with E-state index in [-0.39, 0.29) is 5.28 Å². The number of hydrogen-bond acceptors (Lipinski definition) is 4. The van der Waals surface area contributed by atoms with Crippen LogP contribution >= 0.6 is 11.6 Å². The van der Waals surface area contributed by atoms with E-state index in [1.54, 1.807) is 0 Å². The fourth-order valence-electron chi connectivity index (χ4n) is 0.413. The molecule has 4 nitrogen and oxygen atoms in total. The number of carbonyl (C=O) groups is 1. The Bertz CT molecular complexity index is 242. The van der Waals surface area contributed by atoms with Gasteiger partial charge in [0.05, 0.1) is 0 Å².